The van der Waals surface area contributed by atoms with Crippen molar-refractivity contribution in [1.82, 2.24) is 9.97 Å². The first-order valence-electron chi connectivity index (χ1n) is 6.36. The summed E-state index contributed by atoms with van der Waals surface area (Å²) >= 11 is 0. The average molecular weight is 263 g/mol. The van der Waals surface area contributed by atoms with Gasteiger partial charge in [-0.15, -0.1) is 0 Å². The molecule has 3 N–H and O–H groups in total. The molecule has 0 saturated heterocycles. The summed E-state index contributed by atoms with van der Waals surface area (Å²) in [7, 11) is 0. The Hall–Kier alpha value is -1.75. The second kappa shape index (κ2) is 4.42. The smallest absolute Gasteiger partial charge is 0.159 e. The van der Waals surface area contributed by atoms with Crippen LogP contribution in [0.3, 0.4) is 0 Å². The highest BCUT2D eigenvalue weighted by Crippen LogP contribution is 2.41. The second-order valence-corrected chi connectivity index (χ2v) is 5.11. The topological polar surface area (TPSA) is 54.7 Å². The zero-order valence-electron chi connectivity index (χ0n) is 10.4. The number of aromatic amines is 1. The minimum Gasteiger partial charge on any atom is -0.341 e. The van der Waals surface area contributed by atoms with Crippen LogP contribution >= 0.6 is 0 Å². The molecule has 1 saturated carbocycles. The molecule has 0 spiro atoms. The molecule has 100 valence electrons. The molecule has 2 aromatic rings. The van der Waals surface area contributed by atoms with Crippen molar-refractivity contribution in [3.63, 3.8) is 0 Å². The molecule has 3 rings (SSSR count). The predicted molar refractivity (Wildman–Crippen MR) is 68.5 cm³/mol. The van der Waals surface area contributed by atoms with E-state index in [1.54, 1.807) is 6.20 Å². The maximum Gasteiger partial charge on any atom is 0.159 e. The molecule has 19 heavy (non-hydrogen) atoms. The standard InChI is InChI=1S/C14H15F2N3/c15-10-3-2-9(6-11(10)16)12-7-18-13(19-12)14(8-17)4-1-5-14/h2-3,6-7H,1,4-5,8,17H2,(H,18,19). The van der Waals surface area contributed by atoms with Gasteiger partial charge in [0.05, 0.1) is 11.9 Å². The molecule has 1 heterocycles. The number of halogens is 2. The number of nitrogens with one attached hydrogen (secondary N) is 1. The minimum atomic E-state index is -0.856. The van der Waals surface area contributed by atoms with Gasteiger partial charge < -0.3 is 10.7 Å². The molecule has 3 nitrogen and oxygen atoms in total. The van der Waals surface area contributed by atoms with Gasteiger partial charge in [0.1, 0.15) is 5.82 Å². The Morgan fingerprint density at radius 3 is 2.63 bits per heavy atom. The lowest BCUT2D eigenvalue weighted by Gasteiger charge is -2.39. The second-order valence-electron chi connectivity index (χ2n) is 5.11. The van der Waals surface area contributed by atoms with Crippen LogP contribution in [-0.2, 0) is 5.41 Å². The van der Waals surface area contributed by atoms with Gasteiger partial charge in [0.2, 0.25) is 0 Å². The molecule has 0 unspecified atom stereocenters. The van der Waals surface area contributed by atoms with E-state index in [-0.39, 0.29) is 5.41 Å². The third-order valence-corrected chi connectivity index (χ3v) is 4.01. The SMILES string of the molecule is NCC1(c2ncc(-c3ccc(F)c(F)c3)[nH]2)CCC1. The summed E-state index contributed by atoms with van der Waals surface area (Å²) in [5, 5.41) is 0. The highest BCUT2D eigenvalue weighted by atomic mass is 19.2. The first-order valence-corrected chi connectivity index (χ1v) is 6.36. The van der Waals surface area contributed by atoms with Gasteiger partial charge in [0.15, 0.2) is 11.6 Å². The lowest BCUT2D eigenvalue weighted by atomic mass is 9.68. The first-order chi connectivity index (χ1) is 9.14. The van der Waals surface area contributed by atoms with Crippen molar-refractivity contribution in [2.75, 3.05) is 6.54 Å². The summed E-state index contributed by atoms with van der Waals surface area (Å²) in [6, 6.07) is 3.82. The Morgan fingerprint density at radius 1 is 1.26 bits per heavy atom. The number of nitrogens with zero attached hydrogens (tertiary/aromatic N) is 1. The summed E-state index contributed by atoms with van der Waals surface area (Å²) in [6.07, 6.45) is 4.85. The van der Waals surface area contributed by atoms with E-state index in [1.807, 2.05) is 0 Å². The van der Waals surface area contributed by atoms with E-state index in [9.17, 15) is 8.78 Å². The first kappa shape index (κ1) is 12.3. The van der Waals surface area contributed by atoms with Gasteiger partial charge in [-0.05, 0) is 31.0 Å². The molecule has 1 fully saturated rings. The van der Waals surface area contributed by atoms with E-state index >= 15 is 0 Å². The molecule has 0 amide bonds. The number of imidazole rings is 1. The maximum atomic E-state index is 13.2. The average Bonchev–Trinajstić information content (AvgIpc) is 2.82. The third kappa shape index (κ3) is 1.94. The van der Waals surface area contributed by atoms with Crippen LogP contribution in [0, 0.1) is 11.6 Å². The van der Waals surface area contributed by atoms with Gasteiger partial charge in [0, 0.05) is 17.5 Å². The van der Waals surface area contributed by atoms with Gasteiger partial charge in [-0.1, -0.05) is 6.42 Å². The summed E-state index contributed by atoms with van der Waals surface area (Å²) in [6.45, 7) is 0.553. The van der Waals surface area contributed by atoms with Crippen LogP contribution < -0.4 is 5.73 Å². The van der Waals surface area contributed by atoms with Gasteiger partial charge in [0.25, 0.3) is 0 Å². The van der Waals surface area contributed by atoms with E-state index in [4.69, 9.17) is 5.73 Å². The fraction of sp³-hybridized carbons (Fsp3) is 0.357. The molecule has 0 aliphatic heterocycles. The molecule has 1 aliphatic rings. The number of aromatic nitrogens is 2. The van der Waals surface area contributed by atoms with Crippen molar-refractivity contribution in [3.05, 3.63) is 41.9 Å². The Kier molecular flexibility index (Phi) is 2.86. The van der Waals surface area contributed by atoms with E-state index in [0.29, 0.717) is 17.8 Å². The lowest BCUT2D eigenvalue weighted by molar-refractivity contribution is 0.240. The largest absolute Gasteiger partial charge is 0.341 e. The monoisotopic (exact) mass is 263 g/mol. The lowest BCUT2D eigenvalue weighted by Crippen LogP contribution is -2.42. The molecule has 1 aromatic heterocycles. The van der Waals surface area contributed by atoms with E-state index in [2.05, 4.69) is 9.97 Å². The van der Waals surface area contributed by atoms with Crippen LogP contribution in [0.2, 0.25) is 0 Å². The number of hydrogen-bond acceptors (Lipinski definition) is 2. The summed E-state index contributed by atoms with van der Waals surface area (Å²) in [5.74, 6) is -0.854. The number of benzene rings is 1. The van der Waals surface area contributed by atoms with E-state index in [0.717, 1.165) is 31.2 Å². The molecular weight excluding hydrogens is 248 g/mol. The van der Waals surface area contributed by atoms with Crippen LogP contribution in [0.25, 0.3) is 11.3 Å². The Morgan fingerprint density at radius 2 is 2.05 bits per heavy atom. The van der Waals surface area contributed by atoms with Crippen LogP contribution in [0.15, 0.2) is 24.4 Å². The van der Waals surface area contributed by atoms with Crippen molar-refractivity contribution in [2.45, 2.75) is 24.7 Å². The zero-order valence-corrected chi connectivity index (χ0v) is 10.4. The number of nitrogens with two attached hydrogens (primary N) is 1. The van der Waals surface area contributed by atoms with Gasteiger partial charge in [-0.3, -0.25) is 0 Å². The molecule has 1 aromatic carbocycles. The van der Waals surface area contributed by atoms with Crippen LogP contribution in [0.1, 0.15) is 25.1 Å². The predicted octanol–water partition coefficient (Wildman–Crippen LogP) is 2.74. The molecule has 5 heteroatoms. The van der Waals surface area contributed by atoms with E-state index < -0.39 is 11.6 Å². The molecule has 0 radical (unpaired) electrons. The number of H-pyrrole nitrogens is 1. The fourth-order valence-corrected chi connectivity index (χ4v) is 2.54. The quantitative estimate of drug-likeness (QED) is 0.894. The zero-order chi connectivity index (χ0) is 13.5. The molecule has 0 atom stereocenters. The van der Waals surface area contributed by atoms with Crippen molar-refractivity contribution < 1.29 is 8.78 Å². The number of rotatable bonds is 3. The third-order valence-electron chi connectivity index (χ3n) is 4.01. The Labute approximate surface area is 109 Å². The normalized spacial score (nSPS) is 17.2. The summed E-state index contributed by atoms with van der Waals surface area (Å²) < 4.78 is 26.1. The molecule has 1 aliphatic carbocycles. The van der Waals surface area contributed by atoms with Gasteiger partial charge in [-0.25, -0.2) is 13.8 Å². The van der Waals surface area contributed by atoms with Gasteiger partial charge in [-0.2, -0.15) is 0 Å². The van der Waals surface area contributed by atoms with Gasteiger partial charge >= 0.3 is 0 Å². The van der Waals surface area contributed by atoms with Crippen LogP contribution in [0.4, 0.5) is 8.78 Å². The number of hydrogen-bond donors (Lipinski definition) is 2. The van der Waals surface area contributed by atoms with Crippen molar-refractivity contribution in [3.8, 4) is 11.3 Å². The highest BCUT2D eigenvalue weighted by molar-refractivity contribution is 5.58. The highest BCUT2D eigenvalue weighted by Gasteiger charge is 2.39. The van der Waals surface area contributed by atoms with Crippen LogP contribution in [-0.4, -0.2) is 16.5 Å². The van der Waals surface area contributed by atoms with E-state index in [1.165, 1.54) is 12.1 Å². The maximum absolute atomic E-state index is 13.2. The van der Waals surface area contributed by atoms with Crippen LogP contribution in [0.5, 0.6) is 0 Å². The summed E-state index contributed by atoms with van der Waals surface area (Å²) in [5.41, 5.74) is 7.04. The molecular formula is C14H15F2N3. The van der Waals surface area contributed by atoms with Crippen molar-refractivity contribution in [2.24, 2.45) is 5.73 Å². The van der Waals surface area contributed by atoms with Crippen molar-refractivity contribution in [1.29, 1.82) is 0 Å². The van der Waals surface area contributed by atoms with Crippen molar-refractivity contribution >= 4 is 0 Å². The fourth-order valence-electron chi connectivity index (χ4n) is 2.54. The minimum absolute atomic E-state index is 0.0587. The summed E-state index contributed by atoms with van der Waals surface area (Å²) in [4.78, 5) is 7.55. The Balaban J connectivity index is 1.94. The molecule has 0 bridgehead atoms. The Bertz CT molecular complexity index is 597.